The van der Waals surface area contributed by atoms with Gasteiger partial charge >= 0.3 is 21.8 Å². The molecule has 5 nitrogen and oxygen atoms in total. The Labute approximate surface area is 104 Å². The number of carbonyl (C=O) groups excluding carboxylic acids is 2. The van der Waals surface area contributed by atoms with Crippen LogP contribution < -0.4 is 0 Å². The third-order valence-electron chi connectivity index (χ3n) is 1.27. The maximum absolute atomic E-state index is 11.7. The standard InChI is InChI=1S/C6H11F3O3S.CO2.H2S/c1-3-4-5(2)12-13(10,11)6(7,8)9;2-1-3;/h5H,3-4H2,1-2H3;;1H2. The van der Waals surface area contributed by atoms with Crippen LogP contribution in [0.5, 0.6) is 0 Å². The summed E-state index contributed by atoms with van der Waals surface area (Å²) >= 11 is 0. The first-order chi connectivity index (χ1) is 7.12. The van der Waals surface area contributed by atoms with Crippen LogP contribution in [-0.2, 0) is 23.9 Å². The average molecular weight is 298 g/mol. The third-order valence-corrected chi connectivity index (χ3v) is 2.42. The fourth-order valence-corrected chi connectivity index (χ4v) is 1.36. The van der Waals surface area contributed by atoms with Crippen LogP contribution in [0.1, 0.15) is 26.7 Å². The molecule has 1 unspecified atom stereocenters. The van der Waals surface area contributed by atoms with Gasteiger partial charge in [0.25, 0.3) is 0 Å². The second kappa shape index (κ2) is 9.46. The van der Waals surface area contributed by atoms with E-state index in [1.165, 1.54) is 6.92 Å². The number of hydrogen-bond donors (Lipinski definition) is 0. The van der Waals surface area contributed by atoms with Crippen molar-refractivity contribution in [1.29, 1.82) is 0 Å². The number of hydrogen-bond acceptors (Lipinski definition) is 5. The Morgan fingerprint density at radius 1 is 1.29 bits per heavy atom. The van der Waals surface area contributed by atoms with Gasteiger partial charge in [0.2, 0.25) is 0 Å². The van der Waals surface area contributed by atoms with Crippen molar-refractivity contribution in [2.24, 2.45) is 0 Å². The molecule has 0 spiro atoms. The minimum absolute atomic E-state index is 0. The number of rotatable bonds is 4. The fraction of sp³-hybridized carbons (Fsp3) is 0.857. The summed E-state index contributed by atoms with van der Waals surface area (Å²) in [6.45, 7) is 3.01. The van der Waals surface area contributed by atoms with Gasteiger partial charge in [0, 0.05) is 0 Å². The highest BCUT2D eigenvalue weighted by Crippen LogP contribution is 2.26. The van der Waals surface area contributed by atoms with Crippen LogP contribution in [0.2, 0.25) is 0 Å². The first-order valence-electron chi connectivity index (χ1n) is 4.11. The van der Waals surface area contributed by atoms with E-state index in [1.807, 2.05) is 0 Å². The molecule has 0 aromatic carbocycles. The highest BCUT2D eigenvalue weighted by atomic mass is 32.2. The van der Waals surface area contributed by atoms with E-state index in [9.17, 15) is 21.6 Å². The molecule has 1 atom stereocenters. The predicted octanol–water partition coefficient (Wildman–Crippen LogP) is 1.57. The molecular weight excluding hydrogens is 285 g/mol. The lowest BCUT2D eigenvalue weighted by atomic mass is 10.2. The van der Waals surface area contributed by atoms with Gasteiger partial charge in [0.1, 0.15) is 0 Å². The minimum Gasteiger partial charge on any atom is -0.260 e. The molecule has 0 bridgehead atoms. The van der Waals surface area contributed by atoms with Gasteiger partial charge in [-0.2, -0.15) is 44.7 Å². The maximum Gasteiger partial charge on any atom is 0.523 e. The Kier molecular flexibility index (Phi) is 12.1. The van der Waals surface area contributed by atoms with Gasteiger partial charge in [-0.3, -0.25) is 4.18 Å². The van der Waals surface area contributed by atoms with Crippen LogP contribution in [0, 0.1) is 0 Å². The summed E-state index contributed by atoms with van der Waals surface area (Å²) in [6.07, 6.45) is 0.153. The van der Waals surface area contributed by atoms with Crippen molar-refractivity contribution in [3.05, 3.63) is 0 Å². The summed E-state index contributed by atoms with van der Waals surface area (Å²) in [5.74, 6) is 0. The molecule has 0 aliphatic carbocycles. The van der Waals surface area contributed by atoms with Crippen molar-refractivity contribution in [2.45, 2.75) is 38.3 Å². The van der Waals surface area contributed by atoms with Gasteiger partial charge in [-0.25, -0.2) is 0 Å². The van der Waals surface area contributed by atoms with Crippen LogP contribution in [0.25, 0.3) is 0 Å². The summed E-state index contributed by atoms with van der Waals surface area (Å²) in [6, 6.07) is 0. The van der Waals surface area contributed by atoms with Crippen molar-refractivity contribution in [2.75, 3.05) is 0 Å². The zero-order valence-electron chi connectivity index (χ0n) is 9.07. The van der Waals surface area contributed by atoms with Gasteiger partial charge in [0.15, 0.2) is 0 Å². The molecule has 17 heavy (non-hydrogen) atoms. The van der Waals surface area contributed by atoms with Gasteiger partial charge in [-0.05, 0) is 13.3 Å². The first-order valence-corrected chi connectivity index (χ1v) is 5.52. The first kappa shape index (κ1) is 21.7. The molecule has 0 amide bonds. The van der Waals surface area contributed by atoms with E-state index in [2.05, 4.69) is 4.18 Å². The molecule has 0 heterocycles. The molecule has 104 valence electrons. The molecule has 0 saturated heterocycles. The van der Waals surface area contributed by atoms with Crippen LogP contribution in [0.15, 0.2) is 0 Å². The normalized spacial score (nSPS) is 12.5. The lowest BCUT2D eigenvalue weighted by Gasteiger charge is -2.13. The highest BCUT2D eigenvalue weighted by molar-refractivity contribution is 7.87. The van der Waals surface area contributed by atoms with Gasteiger partial charge in [0.05, 0.1) is 6.10 Å². The molecule has 0 aliphatic heterocycles. The second-order valence-electron chi connectivity index (χ2n) is 2.68. The van der Waals surface area contributed by atoms with E-state index in [1.54, 1.807) is 6.92 Å². The molecule has 0 fully saturated rings. The lowest BCUT2D eigenvalue weighted by molar-refractivity contribution is -0.191. The van der Waals surface area contributed by atoms with E-state index < -0.39 is 21.7 Å². The Morgan fingerprint density at radius 2 is 1.65 bits per heavy atom. The number of halogens is 3. The monoisotopic (exact) mass is 298 g/mol. The van der Waals surface area contributed by atoms with Crippen molar-refractivity contribution in [3.63, 3.8) is 0 Å². The Morgan fingerprint density at radius 3 is 1.88 bits per heavy atom. The molecule has 0 radical (unpaired) electrons. The fourth-order valence-electron chi connectivity index (χ4n) is 0.725. The lowest BCUT2D eigenvalue weighted by Crippen LogP contribution is -2.28. The van der Waals surface area contributed by atoms with E-state index in [0.29, 0.717) is 6.42 Å². The summed E-state index contributed by atoms with van der Waals surface area (Å²) in [7, 11) is -5.42. The quantitative estimate of drug-likeness (QED) is 0.581. The van der Waals surface area contributed by atoms with E-state index in [-0.39, 0.29) is 26.1 Å². The van der Waals surface area contributed by atoms with Crippen LogP contribution >= 0.6 is 13.5 Å². The van der Waals surface area contributed by atoms with Gasteiger partial charge < -0.3 is 0 Å². The zero-order chi connectivity index (χ0) is 13.4. The van der Waals surface area contributed by atoms with Crippen molar-refractivity contribution in [3.8, 4) is 0 Å². The maximum atomic E-state index is 11.7. The number of alkyl halides is 3. The van der Waals surface area contributed by atoms with Crippen LogP contribution in [0.3, 0.4) is 0 Å². The zero-order valence-corrected chi connectivity index (χ0v) is 10.9. The minimum atomic E-state index is -5.42. The Hall–Kier alpha value is -0.570. The second-order valence-corrected chi connectivity index (χ2v) is 4.24. The van der Waals surface area contributed by atoms with Crippen LogP contribution in [0.4, 0.5) is 13.2 Å². The van der Waals surface area contributed by atoms with Gasteiger partial charge in [-0.15, -0.1) is 0 Å². The summed E-state index contributed by atoms with van der Waals surface area (Å²) in [5, 5.41) is 0. The molecule has 0 aromatic rings. The van der Waals surface area contributed by atoms with Gasteiger partial charge in [-0.1, -0.05) is 13.3 Å². The molecule has 0 aromatic heterocycles. The summed E-state index contributed by atoms with van der Waals surface area (Å²) in [5.41, 5.74) is -5.32. The SMILES string of the molecule is CCCC(C)OS(=O)(=O)C(F)(F)F.O=C=O.S. The smallest absolute Gasteiger partial charge is 0.260 e. The van der Waals surface area contributed by atoms with E-state index in [0.717, 1.165) is 0 Å². The topological polar surface area (TPSA) is 77.5 Å². The third kappa shape index (κ3) is 10.3. The van der Waals surface area contributed by atoms with Crippen LogP contribution in [-0.4, -0.2) is 26.2 Å². The Bertz CT molecular complexity index is 319. The molecule has 0 rings (SSSR count). The largest absolute Gasteiger partial charge is 0.523 e. The molecule has 0 saturated carbocycles. The highest BCUT2D eigenvalue weighted by Gasteiger charge is 2.48. The Balaban J connectivity index is -0.000000440. The summed E-state index contributed by atoms with van der Waals surface area (Å²) < 4.78 is 59.8. The average Bonchev–Trinajstić information content (AvgIpc) is 2.02. The van der Waals surface area contributed by atoms with E-state index in [4.69, 9.17) is 9.59 Å². The predicted molar refractivity (Wildman–Crippen MR) is 55.8 cm³/mol. The molecule has 0 N–H and O–H groups in total. The molecular formula is C7H13F3O5S2. The van der Waals surface area contributed by atoms with Crippen molar-refractivity contribution >= 4 is 29.8 Å². The van der Waals surface area contributed by atoms with E-state index >= 15 is 0 Å². The van der Waals surface area contributed by atoms with Crippen molar-refractivity contribution in [1.82, 2.24) is 0 Å². The summed E-state index contributed by atoms with van der Waals surface area (Å²) in [4.78, 5) is 16.2. The molecule has 10 heteroatoms. The van der Waals surface area contributed by atoms with Crippen molar-refractivity contribution < 1.29 is 35.4 Å². The molecule has 0 aliphatic rings.